The number of ether oxygens (including phenoxy) is 1. The van der Waals surface area contributed by atoms with E-state index in [2.05, 4.69) is 6.92 Å². The highest BCUT2D eigenvalue weighted by atomic mass is 19.4. The van der Waals surface area contributed by atoms with Gasteiger partial charge in [-0.05, 0) is 47.9 Å². The molecule has 0 amide bonds. The topological polar surface area (TPSA) is 26.3 Å². The molecular weight excluding hydrogens is 401 g/mol. The summed E-state index contributed by atoms with van der Waals surface area (Å²) in [6.45, 7) is 2.88. The maximum absolute atomic E-state index is 12.9. The van der Waals surface area contributed by atoms with Crippen LogP contribution >= 0.6 is 0 Å². The molecule has 0 fully saturated rings. The Hall–Kier alpha value is -2.56. The molecule has 0 aromatic heterocycles. The zero-order valence-electron chi connectivity index (χ0n) is 18.1. The van der Waals surface area contributed by atoms with Crippen LogP contribution in [0.25, 0.3) is 11.6 Å². The van der Waals surface area contributed by atoms with E-state index in [9.17, 15) is 18.0 Å². The van der Waals surface area contributed by atoms with E-state index >= 15 is 0 Å². The summed E-state index contributed by atoms with van der Waals surface area (Å²) < 4.78 is 44.5. The molecule has 2 aromatic carbocycles. The highest BCUT2D eigenvalue weighted by molar-refractivity contribution is 6.13. The summed E-state index contributed by atoms with van der Waals surface area (Å²) in [4.78, 5) is 11.5. The van der Waals surface area contributed by atoms with E-state index in [1.807, 2.05) is 12.1 Å². The Balaban J connectivity index is 1.85. The van der Waals surface area contributed by atoms with Crippen molar-refractivity contribution in [3.05, 3.63) is 65.2 Å². The molecule has 0 saturated heterocycles. The number of unbranched alkanes of at least 4 members (excludes halogenated alkanes) is 7. The fourth-order valence-corrected chi connectivity index (χ4v) is 3.33. The summed E-state index contributed by atoms with van der Waals surface area (Å²) in [5.41, 5.74) is 0.375. The Kier molecular flexibility index (Phi) is 10.3. The number of alkyl halides is 3. The summed E-state index contributed by atoms with van der Waals surface area (Å²) in [6, 6.07) is 12.0. The number of hydrogen-bond acceptors (Lipinski definition) is 2. The molecule has 0 aliphatic carbocycles. The van der Waals surface area contributed by atoms with E-state index in [4.69, 9.17) is 4.74 Å². The van der Waals surface area contributed by atoms with Gasteiger partial charge in [0, 0.05) is 5.57 Å². The second-order valence-corrected chi connectivity index (χ2v) is 7.69. The normalized spacial score (nSPS) is 12.1. The molecule has 0 unspecified atom stereocenters. The van der Waals surface area contributed by atoms with Gasteiger partial charge in [0.25, 0.3) is 0 Å². The van der Waals surface area contributed by atoms with E-state index in [1.165, 1.54) is 50.7 Å². The van der Waals surface area contributed by atoms with Crippen LogP contribution in [-0.2, 0) is 11.0 Å². The van der Waals surface area contributed by atoms with Crippen molar-refractivity contribution in [1.29, 1.82) is 0 Å². The van der Waals surface area contributed by atoms with Crippen LogP contribution in [0.1, 0.15) is 75.0 Å². The van der Waals surface area contributed by atoms with Crippen molar-refractivity contribution in [2.75, 3.05) is 6.61 Å². The first-order valence-corrected chi connectivity index (χ1v) is 11.0. The van der Waals surface area contributed by atoms with Gasteiger partial charge in [-0.15, -0.1) is 0 Å². The first-order chi connectivity index (χ1) is 14.9. The predicted octanol–water partition coefficient (Wildman–Crippen LogP) is 7.96. The number of halogens is 3. The number of hydrogen-bond donors (Lipinski definition) is 0. The lowest BCUT2D eigenvalue weighted by atomic mass is 10.0. The van der Waals surface area contributed by atoms with Crippen molar-refractivity contribution in [3.8, 4) is 5.75 Å². The van der Waals surface area contributed by atoms with Gasteiger partial charge in [0.2, 0.25) is 0 Å². The van der Waals surface area contributed by atoms with E-state index < -0.39 is 11.7 Å². The smallest absolute Gasteiger partial charge is 0.416 e. The van der Waals surface area contributed by atoms with E-state index in [0.717, 1.165) is 36.3 Å². The lowest BCUT2D eigenvalue weighted by Gasteiger charge is -2.09. The average molecular weight is 433 g/mol. The fraction of sp³-hybridized carbons (Fsp3) is 0.423. The van der Waals surface area contributed by atoms with E-state index in [1.54, 1.807) is 18.2 Å². The maximum Gasteiger partial charge on any atom is 0.416 e. The van der Waals surface area contributed by atoms with Crippen LogP contribution < -0.4 is 4.74 Å². The Bertz CT molecular complexity index is 823. The number of rotatable bonds is 13. The quantitative estimate of drug-likeness (QED) is 0.139. The molecule has 0 atom stereocenters. The van der Waals surface area contributed by atoms with Gasteiger partial charge in [0.1, 0.15) is 5.75 Å². The minimum Gasteiger partial charge on any atom is -0.494 e. The molecule has 31 heavy (non-hydrogen) atoms. The first kappa shape index (κ1) is 24.7. The molecule has 0 heterocycles. The van der Waals surface area contributed by atoms with Crippen LogP contribution in [0, 0.1) is 0 Å². The average Bonchev–Trinajstić information content (AvgIpc) is 2.77. The predicted molar refractivity (Wildman–Crippen MR) is 120 cm³/mol. The summed E-state index contributed by atoms with van der Waals surface area (Å²) in [7, 11) is 0. The highest BCUT2D eigenvalue weighted by Gasteiger charge is 2.30. The lowest BCUT2D eigenvalue weighted by molar-refractivity contribution is -0.137. The van der Waals surface area contributed by atoms with Crippen molar-refractivity contribution in [1.82, 2.24) is 0 Å². The third-order valence-corrected chi connectivity index (χ3v) is 5.12. The van der Waals surface area contributed by atoms with Crippen LogP contribution in [0.3, 0.4) is 0 Å². The Labute approximate surface area is 183 Å². The zero-order valence-corrected chi connectivity index (χ0v) is 18.1. The zero-order chi connectivity index (χ0) is 22.5. The Morgan fingerprint density at radius 1 is 0.903 bits per heavy atom. The minimum atomic E-state index is -4.45. The molecule has 0 radical (unpaired) electrons. The van der Waals surface area contributed by atoms with E-state index in [-0.39, 0.29) is 11.1 Å². The van der Waals surface area contributed by atoms with Crippen molar-refractivity contribution in [2.45, 2.75) is 64.5 Å². The molecule has 0 N–H and O–H groups in total. The molecule has 2 aromatic rings. The number of carbonyl (C=O) groups excluding carboxylic acids is 1. The van der Waals surface area contributed by atoms with Crippen LogP contribution in [0.4, 0.5) is 13.2 Å². The molecule has 0 spiro atoms. The molecular formula is C26H31F3O2. The lowest BCUT2D eigenvalue weighted by Crippen LogP contribution is -2.05. The van der Waals surface area contributed by atoms with Gasteiger partial charge in [0.05, 0.1) is 12.2 Å². The Morgan fingerprint density at radius 3 is 2.16 bits per heavy atom. The van der Waals surface area contributed by atoms with Gasteiger partial charge >= 0.3 is 6.18 Å². The van der Waals surface area contributed by atoms with Gasteiger partial charge < -0.3 is 4.74 Å². The number of benzene rings is 2. The van der Waals surface area contributed by atoms with Crippen LogP contribution in [0.15, 0.2) is 48.5 Å². The van der Waals surface area contributed by atoms with Crippen LogP contribution in [-0.4, -0.2) is 12.9 Å². The van der Waals surface area contributed by atoms with Gasteiger partial charge in [-0.3, -0.25) is 4.79 Å². The molecule has 5 heteroatoms. The van der Waals surface area contributed by atoms with E-state index in [0.29, 0.717) is 12.9 Å². The second kappa shape index (κ2) is 13.0. The van der Waals surface area contributed by atoms with Crippen LogP contribution in [0.5, 0.6) is 5.75 Å². The molecule has 2 rings (SSSR count). The minimum absolute atomic E-state index is 0.193. The second-order valence-electron chi connectivity index (χ2n) is 7.69. The number of aldehydes is 1. The summed E-state index contributed by atoms with van der Waals surface area (Å²) in [5.74, 6) is 0.742. The maximum atomic E-state index is 12.9. The standard InChI is InChI=1S/C26H31F3O2/c1-2-3-4-5-6-7-8-9-17-31-25-15-13-21(14-16-25)18-23(20-30)22-11-10-12-24(19-22)26(27,28)29/h10-16,18-20H,2-9,17H2,1H3/b23-18+. The fourth-order valence-electron chi connectivity index (χ4n) is 3.33. The Morgan fingerprint density at radius 2 is 1.55 bits per heavy atom. The molecule has 2 nitrogen and oxygen atoms in total. The van der Waals surface area contributed by atoms with Crippen LogP contribution in [0.2, 0.25) is 0 Å². The molecule has 0 aliphatic heterocycles. The van der Waals surface area contributed by atoms with Crippen molar-refractivity contribution in [2.24, 2.45) is 0 Å². The molecule has 0 bridgehead atoms. The third kappa shape index (κ3) is 8.99. The molecule has 168 valence electrons. The van der Waals surface area contributed by atoms with Gasteiger partial charge in [0.15, 0.2) is 6.29 Å². The van der Waals surface area contributed by atoms with Gasteiger partial charge in [-0.1, -0.05) is 76.1 Å². The van der Waals surface area contributed by atoms with Crippen molar-refractivity contribution >= 4 is 17.9 Å². The summed E-state index contributed by atoms with van der Waals surface area (Å²) >= 11 is 0. The summed E-state index contributed by atoms with van der Waals surface area (Å²) in [5, 5.41) is 0. The number of carbonyl (C=O) groups is 1. The van der Waals surface area contributed by atoms with Gasteiger partial charge in [-0.25, -0.2) is 0 Å². The monoisotopic (exact) mass is 432 g/mol. The van der Waals surface area contributed by atoms with Gasteiger partial charge in [-0.2, -0.15) is 13.2 Å². The molecule has 0 saturated carbocycles. The van der Waals surface area contributed by atoms with Crippen molar-refractivity contribution < 1.29 is 22.7 Å². The SMILES string of the molecule is CCCCCCCCCCOc1ccc(/C=C(\C=O)c2cccc(C(F)(F)F)c2)cc1. The number of allylic oxidation sites excluding steroid dienone is 1. The highest BCUT2D eigenvalue weighted by Crippen LogP contribution is 2.31. The third-order valence-electron chi connectivity index (χ3n) is 5.12. The molecule has 0 aliphatic rings. The van der Waals surface area contributed by atoms with Crippen molar-refractivity contribution in [3.63, 3.8) is 0 Å². The summed E-state index contributed by atoms with van der Waals surface area (Å²) in [6.07, 6.45) is 7.62. The largest absolute Gasteiger partial charge is 0.494 e. The first-order valence-electron chi connectivity index (χ1n) is 11.0.